The van der Waals surface area contributed by atoms with Gasteiger partial charge in [0.2, 0.25) is 0 Å². The van der Waals surface area contributed by atoms with Crippen LogP contribution in [0, 0.1) is 20.8 Å². The first-order chi connectivity index (χ1) is 11.9. The van der Waals surface area contributed by atoms with E-state index in [0.717, 1.165) is 49.0 Å². The molecule has 0 bridgehead atoms. The highest BCUT2D eigenvalue weighted by atomic mass is 16.2. The summed E-state index contributed by atoms with van der Waals surface area (Å²) in [7, 11) is 0. The lowest BCUT2D eigenvalue weighted by Gasteiger charge is -2.33. The van der Waals surface area contributed by atoms with Crippen LogP contribution in [0.2, 0.25) is 0 Å². The molecule has 1 amide bonds. The van der Waals surface area contributed by atoms with E-state index in [1.807, 2.05) is 19.9 Å². The number of rotatable bonds is 3. The van der Waals surface area contributed by atoms with Crippen molar-refractivity contribution in [2.75, 3.05) is 18.0 Å². The highest BCUT2D eigenvalue weighted by Crippen LogP contribution is 2.19. The molecule has 2 aromatic rings. The van der Waals surface area contributed by atoms with Crippen molar-refractivity contribution >= 4 is 11.7 Å². The molecule has 7 heteroatoms. The highest BCUT2D eigenvalue weighted by molar-refractivity contribution is 5.94. The van der Waals surface area contributed by atoms with Crippen LogP contribution in [0.1, 0.15) is 40.4 Å². The van der Waals surface area contributed by atoms with Crippen molar-refractivity contribution in [3.63, 3.8) is 0 Å². The number of amides is 1. The summed E-state index contributed by atoms with van der Waals surface area (Å²) in [4.78, 5) is 37.9. The molecule has 0 unspecified atom stereocenters. The molecule has 132 valence electrons. The molecule has 0 atom stereocenters. The number of pyridine rings is 1. The fourth-order valence-corrected chi connectivity index (χ4v) is 3.13. The van der Waals surface area contributed by atoms with E-state index in [2.05, 4.69) is 25.2 Å². The fourth-order valence-electron chi connectivity index (χ4n) is 3.13. The molecule has 1 saturated heterocycles. The van der Waals surface area contributed by atoms with Crippen LogP contribution < -0.4 is 15.8 Å². The van der Waals surface area contributed by atoms with Crippen LogP contribution in [0.25, 0.3) is 0 Å². The number of H-pyrrole nitrogens is 1. The lowest BCUT2D eigenvalue weighted by atomic mass is 10.0. The van der Waals surface area contributed by atoms with Crippen molar-refractivity contribution in [1.82, 2.24) is 20.3 Å². The topological polar surface area (TPSA) is 91.0 Å². The van der Waals surface area contributed by atoms with Gasteiger partial charge in [-0.15, -0.1) is 0 Å². The van der Waals surface area contributed by atoms with Crippen molar-refractivity contribution in [1.29, 1.82) is 0 Å². The summed E-state index contributed by atoms with van der Waals surface area (Å²) in [5.41, 5.74) is 1.51. The van der Waals surface area contributed by atoms with Crippen LogP contribution in [-0.2, 0) is 0 Å². The minimum Gasteiger partial charge on any atom is -0.356 e. The van der Waals surface area contributed by atoms with Gasteiger partial charge in [0.15, 0.2) is 0 Å². The smallest absolute Gasteiger partial charge is 0.260 e. The second-order valence-corrected chi connectivity index (χ2v) is 6.53. The van der Waals surface area contributed by atoms with Gasteiger partial charge in [0.05, 0.1) is 0 Å². The predicted octanol–water partition coefficient (Wildman–Crippen LogP) is 1.49. The van der Waals surface area contributed by atoms with Gasteiger partial charge in [0.1, 0.15) is 17.2 Å². The Morgan fingerprint density at radius 3 is 2.56 bits per heavy atom. The Morgan fingerprint density at radius 2 is 1.92 bits per heavy atom. The first-order valence-corrected chi connectivity index (χ1v) is 8.50. The average Bonchev–Trinajstić information content (AvgIpc) is 2.54. The van der Waals surface area contributed by atoms with Gasteiger partial charge < -0.3 is 15.2 Å². The van der Waals surface area contributed by atoms with Gasteiger partial charge >= 0.3 is 0 Å². The first-order valence-electron chi connectivity index (χ1n) is 8.50. The molecule has 1 fully saturated rings. The van der Waals surface area contributed by atoms with Gasteiger partial charge in [0, 0.05) is 36.6 Å². The molecule has 0 aliphatic carbocycles. The van der Waals surface area contributed by atoms with Crippen LogP contribution in [0.3, 0.4) is 0 Å². The van der Waals surface area contributed by atoms with Gasteiger partial charge in [-0.3, -0.25) is 9.59 Å². The van der Waals surface area contributed by atoms with Crippen LogP contribution in [0.5, 0.6) is 0 Å². The van der Waals surface area contributed by atoms with Crippen LogP contribution >= 0.6 is 0 Å². The van der Waals surface area contributed by atoms with Crippen molar-refractivity contribution in [3.05, 3.63) is 51.3 Å². The van der Waals surface area contributed by atoms with Crippen molar-refractivity contribution < 1.29 is 4.79 Å². The number of nitrogens with zero attached hydrogens (tertiary/aromatic N) is 3. The van der Waals surface area contributed by atoms with E-state index < -0.39 is 0 Å². The summed E-state index contributed by atoms with van der Waals surface area (Å²) in [5.74, 6) is 1.39. The summed E-state index contributed by atoms with van der Waals surface area (Å²) >= 11 is 0. The van der Waals surface area contributed by atoms with Gasteiger partial charge in [-0.2, -0.15) is 0 Å². The Balaban J connectivity index is 1.60. The summed E-state index contributed by atoms with van der Waals surface area (Å²) in [6.45, 7) is 7.26. The molecule has 0 spiro atoms. The minimum atomic E-state index is -0.345. The second kappa shape index (κ2) is 7.04. The molecule has 1 aliphatic rings. The third-order valence-electron chi connectivity index (χ3n) is 4.41. The highest BCUT2D eigenvalue weighted by Gasteiger charge is 2.23. The molecule has 3 rings (SSSR count). The molecular weight excluding hydrogens is 318 g/mol. The molecule has 2 aromatic heterocycles. The Hall–Kier alpha value is -2.70. The zero-order valence-electron chi connectivity index (χ0n) is 14.8. The average molecular weight is 341 g/mol. The molecule has 0 aromatic carbocycles. The molecule has 1 aliphatic heterocycles. The third-order valence-corrected chi connectivity index (χ3v) is 4.41. The maximum Gasteiger partial charge on any atom is 0.260 e. The van der Waals surface area contributed by atoms with Crippen LogP contribution in [0.4, 0.5) is 5.82 Å². The maximum absolute atomic E-state index is 12.3. The Bertz CT molecular complexity index is 817. The number of hydrogen-bond acceptors (Lipinski definition) is 5. The number of aromatic nitrogens is 3. The van der Waals surface area contributed by atoms with E-state index in [1.54, 1.807) is 19.1 Å². The van der Waals surface area contributed by atoms with Crippen LogP contribution in [0.15, 0.2) is 23.0 Å². The van der Waals surface area contributed by atoms with E-state index in [9.17, 15) is 9.59 Å². The summed E-state index contributed by atoms with van der Waals surface area (Å²) < 4.78 is 0. The van der Waals surface area contributed by atoms with E-state index in [0.29, 0.717) is 0 Å². The van der Waals surface area contributed by atoms with E-state index >= 15 is 0 Å². The Labute approximate surface area is 146 Å². The second-order valence-electron chi connectivity index (χ2n) is 6.53. The molecule has 0 radical (unpaired) electrons. The van der Waals surface area contributed by atoms with Crippen molar-refractivity contribution in [2.45, 2.75) is 39.7 Å². The van der Waals surface area contributed by atoms with Gasteiger partial charge in [-0.25, -0.2) is 9.97 Å². The number of nitrogens with one attached hydrogen (secondary N) is 2. The molecular formula is C18H23N5O2. The summed E-state index contributed by atoms with van der Waals surface area (Å²) in [5, 5.41) is 2.97. The lowest BCUT2D eigenvalue weighted by molar-refractivity contribution is 0.0929. The molecule has 25 heavy (non-hydrogen) atoms. The fraction of sp³-hybridized carbons (Fsp3) is 0.444. The summed E-state index contributed by atoms with van der Waals surface area (Å²) in [6.07, 6.45) is 1.63. The van der Waals surface area contributed by atoms with E-state index in [4.69, 9.17) is 0 Å². The third kappa shape index (κ3) is 4.04. The number of piperidine rings is 1. The van der Waals surface area contributed by atoms with Gasteiger partial charge in [0.25, 0.3) is 11.5 Å². The summed E-state index contributed by atoms with van der Waals surface area (Å²) in [6, 6.07) is 5.36. The monoisotopic (exact) mass is 341 g/mol. The van der Waals surface area contributed by atoms with E-state index in [1.165, 1.54) is 0 Å². The van der Waals surface area contributed by atoms with Gasteiger partial charge in [-0.05, 0) is 45.7 Å². The molecule has 7 nitrogen and oxygen atoms in total. The number of anilines is 1. The molecule has 0 saturated carbocycles. The quantitative estimate of drug-likeness (QED) is 0.883. The van der Waals surface area contributed by atoms with Gasteiger partial charge in [-0.1, -0.05) is 0 Å². The number of carbonyl (C=O) groups is 1. The van der Waals surface area contributed by atoms with Crippen molar-refractivity contribution in [3.8, 4) is 0 Å². The molecule has 3 heterocycles. The first kappa shape index (κ1) is 17.1. The lowest BCUT2D eigenvalue weighted by Crippen LogP contribution is -2.46. The van der Waals surface area contributed by atoms with Crippen molar-refractivity contribution in [2.24, 2.45) is 0 Å². The minimum absolute atomic E-state index is 0.0634. The van der Waals surface area contributed by atoms with E-state index in [-0.39, 0.29) is 23.1 Å². The zero-order valence-corrected chi connectivity index (χ0v) is 14.8. The standard InChI is InChI=1S/C18H23N5O2/c1-11-4-5-15(17(24)20-11)18(25)22-14-6-8-23(9-7-14)16-10-12(2)19-13(3)21-16/h4-5,10,14H,6-9H2,1-3H3,(H,20,24)(H,22,25). The van der Waals surface area contributed by atoms with Crippen LogP contribution in [-0.4, -0.2) is 40.0 Å². The number of hydrogen-bond donors (Lipinski definition) is 2. The Kier molecular flexibility index (Phi) is 4.83. The zero-order chi connectivity index (χ0) is 18.0. The normalized spacial score (nSPS) is 15.2. The Morgan fingerprint density at radius 1 is 1.20 bits per heavy atom. The SMILES string of the molecule is Cc1cc(N2CCC(NC(=O)c3ccc(C)[nH]c3=O)CC2)nc(C)n1. The maximum atomic E-state index is 12.3. The predicted molar refractivity (Wildman–Crippen MR) is 96.0 cm³/mol. The number of carbonyl (C=O) groups excluding carboxylic acids is 1. The number of aromatic amines is 1. The molecule has 2 N–H and O–H groups in total. The number of aryl methyl sites for hydroxylation is 3. The largest absolute Gasteiger partial charge is 0.356 e.